The first-order valence-corrected chi connectivity index (χ1v) is 7.44. The first-order valence-electron chi connectivity index (χ1n) is 7.44. The SMILES string of the molecule is COc1ccccc1C1=NO[C@@H](C(=O)NC2CCCC2)C1. The highest BCUT2D eigenvalue weighted by atomic mass is 16.6. The van der Waals surface area contributed by atoms with E-state index in [2.05, 4.69) is 10.5 Å². The highest BCUT2D eigenvalue weighted by Gasteiger charge is 2.31. The van der Waals surface area contributed by atoms with E-state index >= 15 is 0 Å². The normalized spacial score (nSPS) is 21.8. The molecule has 1 aliphatic carbocycles. The van der Waals surface area contributed by atoms with Crippen molar-refractivity contribution in [2.45, 2.75) is 44.2 Å². The van der Waals surface area contributed by atoms with Crippen LogP contribution in [0.15, 0.2) is 29.4 Å². The molecule has 0 bridgehead atoms. The molecule has 0 spiro atoms. The zero-order valence-electron chi connectivity index (χ0n) is 12.2. The second-order valence-corrected chi connectivity index (χ2v) is 5.53. The number of nitrogens with one attached hydrogen (secondary N) is 1. The van der Waals surface area contributed by atoms with E-state index in [-0.39, 0.29) is 5.91 Å². The van der Waals surface area contributed by atoms with E-state index in [4.69, 9.17) is 9.57 Å². The molecule has 1 amide bonds. The predicted molar refractivity (Wildman–Crippen MR) is 79.4 cm³/mol. The molecular weight excluding hydrogens is 268 g/mol. The van der Waals surface area contributed by atoms with E-state index in [0.29, 0.717) is 12.5 Å². The van der Waals surface area contributed by atoms with Gasteiger partial charge in [-0.1, -0.05) is 30.1 Å². The molecule has 0 radical (unpaired) electrons. The van der Waals surface area contributed by atoms with Gasteiger partial charge < -0.3 is 14.9 Å². The molecular formula is C16H20N2O3. The Morgan fingerprint density at radius 3 is 2.86 bits per heavy atom. The van der Waals surface area contributed by atoms with Crippen LogP contribution in [0.5, 0.6) is 5.75 Å². The monoisotopic (exact) mass is 288 g/mol. The molecule has 1 aromatic carbocycles. The van der Waals surface area contributed by atoms with Gasteiger partial charge in [-0.15, -0.1) is 0 Å². The highest BCUT2D eigenvalue weighted by Crippen LogP contribution is 2.25. The van der Waals surface area contributed by atoms with Crippen LogP contribution < -0.4 is 10.1 Å². The minimum Gasteiger partial charge on any atom is -0.496 e. The lowest BCUT2D eigenvalue weighted by atomic mass is 10.0. The number of ether oxygens (including phenoxy) is 1. The number of hydrogen-bond acceptors (Lipinski definition) is 4. The lowest BCUT2D eigenvalue weighted by Crippen LogP contribution is -2.40. The van der Waals surface area contributed by atoms with Gasteiger partial charge in [-0.2, -0.15) is 0 Å². The lowest BCUT2D eigenvalue weighted by Gasteiger charge is -2.14. The number of carbonyl (C=O) groups excluding carboxylic acids is 1. The fourth-order valence-electron chi connectivity index (χ4n) is 2.92. The summed E-state index contributed by atoms with van der Waals surface area (Å²) in [7, 11) is 1.62. The van der Waals surface area contributed by atoms with E-state index in [1.54, 1.807) is 7.11 Å². The van der Waals surface area contributed by atoms with Crippen LogP contribution in [-0.4, -0.2) is 30.9 Å². The van der Waals surface area contributed by atoms with Crippen LogP contribution in [0.1, 0.15) is 37.7 Å². The number of nitrogens with zero attached hydrogens (tertiary/aromatic N) is 1. The van der Waals surface area contributed by atoms with E-state index in [1.807, 2.05) is 24.3 Å². The van der Waals surface area contributed by atoms with E-state index in [1.165, 1.54) is 12.8 Å². The Morgan fingerprint density at radius 2 is 2.10 bits per heavy atom. The second-order valence-electron chi connectivity index (χ2n) is 5.53. The Labute approximate surface area is 124 Å². The van der Waals surface area contributed by atoms with Gasteiger partial charge >= 0.3 is 0 Å². The summed E-state index contributed by atoms with van der Waals surface area (Å²) >= 11 is 0. The van der Waals surface area contributed by atoms with Crippen molar-refractivity contribution >= 4 is 11.6 Å². The Kier molecular flexibility index (Phi) is 4.08. The molecule has 5 heteroatoms. The largest absolute Gasteiger partial charge is 0.496 e. The first-order chi connectivity index (χ1) is 10.3. The van der Waals surface area contributed by atoms with Crippen molar-refractivity contribution < 1.29 is 14.4 Å². The van der Waals surface area contributed by atoms with Gasteiger partial charge in [0, 0.05) is 18.0 Å². The van der Waals surface area contributed by atoms with Crippen molar-refractivity contribution in [2.75, 3.05) is 7.11 Å². The van der Waals surface area contributed by atoms with Crippen molar-refractivity contribution in [1.29, 1.82) is 0 Å². The third-order valence-electron chi connectivity index (χ3n) is 4.08. The van der Waals surface area contributed by atoms with Crippen LogP contribution in [0.3, 0.4) is 0 Å². The topological polar surface area (TPSA) is 59.9 Å². The summed E-state index contributed by atoms with van der Waals surface area (Å²) in [5.74, 6) is 0.687. The van der Waals surface area contributed by atoms with Crippen molar-refractivity contribution in [1.82, 2.24) is 5.32 Å². The Bertz CT molecular complexity index is 550. The van der Waals surface area contributed by atoms with Crippen molar-refractivity contribution in [3.63, 3.8) is 0 Å². The van der Waals surface area contributed by atoms with Crippen LogP contribution in [0, 0.1) is 0 Å². The summed E-state index contributed by atoms with van der Waals surface area (Å²) in [6, 6.07) is 7.94. The molecule has 1 heterocycles. The average molecular weight is 288 g/mol. The average Bonchev–Trinajstić information content (AvgIpc) is 3.18. The molecule has 1 N–H and O–H groups in total. The van der Waals surface area contributed by atoms with Gasteiger partial charge in [-0.05, 0) is 25.0 Å². The van der Waals surface area contributed by atoms with Crippen LogP contribution in [-0.2, 0) is 9.63 Å². The van der Waals surface area contributed by atoms with Crippen LogP contribution >= 0.6 is 0 Å². The molecule has 5 nitrogen and oxygen atoms in total. The fraction of sp³-hybridized carbons (Fsp3) is 0.500. The number of rotatable bonds is 4. The van der Waals surface area contributed by atoms with Gasteiger partial charge in [0.15, 0.2) is 0 Å². The summed E-state index contributed by atoms with van der Waals surface area (Å²) in [4.78, 5) is 17.5. The van der Waals surface area contributed by atoms with Crippen molar-refractivity contribution in [3.05, 3.63) is 29.8 Å². The van der Waals surface area contributed by atoms with Gasteiger partial charge in [-0.3, -0.25) is 4.79 Å². The standard InChI is InChI=1S/C16H20N2O3/c1-20-14-9-5-4-8-12(14)13-10-15(21-18-13)16(19)17-11-6-2-3-7-11/h4-5,8-9,11,15H,2-3,6-7,10H2,1H3,(H,17,19)/t15-/m1/s1. The minimum atomic E-state index is -0.523. The molecule has 1 atom stereocenters. The van der Waals surface area contributed by atoms with Crippen molar-refractivity contribution in [2.24, 2.45) is 5.16 Å². The van der Waals surface area contributed by atoms with Gasteiger partial charge in [-0.25, -0.2) is 0 Å². The quantitative estimate of drug-likeness (QED) is 0.924. The number of methoxy groups -OCH3 is 1. The van der Waals surface area contributed by atoms with Crippen molar-refractivity contribution in [3.8, 4) is 5.75 Å². The molecule has 2 aliphatic rings. The molecule has 3 rings (SSSR count). The minimum absolute atomic E-state index is 0.0597. The Morgan fingerprint density at radius 1 is 1.33 bits per heavy atom. The zero-order chi connectivity index (χ0) is 14.7. The summed E-state index contributed by atoms with van der Waals surface area (Å²) in [5.41, 5.74) is 1.65. The summed E-state index contributed by atoms with van der Waals surface area (Å²) in [5, 5.41) is 7.12. The maximum Gasteiger partial charge on any atom is 0.264 e. The van der Waals surface area contributed by atoms with E-state index in [9.17, 15) is 4.79 Å². The number of carbonyl (C=O) groups is 1. The van der Waals surface area contributed by atoms with E-state index in [0.717, 1.165) is 29.9 Å². The first kappa shape index (κ1) is 13.9. The molecule has 1 aromatic rings. The lowest BCUT2D eigenvalue weighted by molar-refractivity contribution is -0.131. The van der Waals surface area contributed by atoms with Gasteiger partial charge in [0.25, 0.3) is 5.91 Å². The van der Waals surface area contributed by atoms with Crippen LogP contribution in [0.2, 0.25) is 0 Å². The fourth-order valence-corrected chi connectivity index (χ4v) is 2.92. The smallest absolute Gasteiger partial charge is 0.264 e. The maximum absolute atomic E-state index is 12.2. The molecule has 21 heavy (non-hydrogen) atoms. The summed E-state index contributed by atoms with van der Waals surface area (Å²) in [6.07, 6.45) is 4.49. The second kappa shape index (κ2) is 6.16. The molecule has 1 fully saturated rings. The van der Waals surface area contributed by atoms with Gasteiger partial charge in [0.1, 0.15) is 5.75 Å². The molecule has 0 unspecified atom stereocenters. The predicted octanol–water partition coefficient (Wildman–Crippen LogP) is 2.25. The number of benzene rings is 1. The zero-order valence-corrected chi connectivity index (χ0v) is 12.2. The highest BCUT2D eigenvalue weighted by molar-refractivity contribution is 6.05. The van der Waals surface area contributed by atoms with Crippen LogP contribution in [0.25, 0.3) is 0 Å². The number of amides is 1. The maximum atomic E-state index is 12.2. The molecule has 1 saturated carbocycles. The molecule has 0 saturated heterocycles. The number of para-hydroxylation sites is 1. The number of hydrogen-bond donors (Lipinski definition) is 1. The molecule has 1 aliphatic heterocycles. The Hall–Kier alpha value is -2.04. The molecule has 112 valence electrons. The third kappa shape index (κ3) is 3.01. The van der Waals surface area contributed by atoms with Crippen LogP contribution in [0.4, 0.5) is 0 Å². The van der Waals surface area contributed by atoms with Gasteiger partial charge in [0.2, 0.25) is 6.10 Å². The summed E-state index contributed by atoms with van der Waals surface area (Å²) < 4.78 is 5.32. The third-order valence-corrected chi connectivity index (χ3v) is 4.08. The van der Waals surface area contributed by atoms with E-state index < -0.39 is 6.10 Å². The molecule has 0 aromatic heterocycles. The number of oxime groups is 1. The summed E-state index contributed by atoms with van der Waals surface area (Å²) in [6.45, 7) is 0. The van der Waals surface area contributed by atoms with Gasteiger partial charge in [0.05, 0.1) is 12.8 Å². The Balaban J connectivity index is 1.62.